The van der Waals surface area contributed by atoms with Gasteiger partial charge in [-0.3, -0.25) is 4.79 Å². The van der Waals surface area contributed by atoms with Gasteiger partial charge in [0.2, 0.25) is 0 Å². The van der Waals surface area contributed by atoms with Gasteiger partial charge in [-0.05, 0) is 37.9 Å². The van der Waals surface area contributed by atoms with Gasteiger partial charge in [-0.25, -0.2) is 0 Å². The van der Waals surface area contributed by atoms with Gasteiger partial charge in [0.15, 0.2) is 0 Å². The molecule has 1 heterocycles. The zero-order chi connectivity index (χ0) is 13.0. The van der Waals surface area contributed by atoms with Crippen LogP contribution in [0.2, 0.25) is 10.0 Å². The molecule has 1 aromatic rings. The Labute approximate surface area is 117 Å². The summed E-state index contributed by atoms with van der Waals surface area (Å²) in [5.41, 5.74) is 0.434. The Kier molecular flexibility index (Phi) is 4.87. The number of nitrogens with one attached hydrogen (secondary N) is 2. The van der Waals surface area contributed by atoms with Crippen molar-refractivity contribution in [2.75, 3.05) is 13.1 Å². The SMILES string of the molecule is O=C(NCC[C@H]1CCCN1)c1cccc(Cl)c1Cl. The molecule has 2 rings (SSSR count). The third-order valence-corrected chi connectivity index (χ3v) is 3.96. The molecule has 1 atom stereocenters. The van der Waals surface area contributed by atoms with Gasteiger partial charge in [-0.15, -0.1) is 0 Å². The summed E-state index contributed by atoms with van der Waals surface area (Å²) in [6.45, 7) is 1.73. The minimum atomic E-state index is -0.166. The summed E-state index contributed by atoms with van der Waals surface area (Å²) in [4.78, 5) is 11.9. The van der Waals surface area contributed by atoms with Crippen LogP contribution in [0.1, 0.15) is 29.6 Å². The molecule has 1 fully saturated rings. The first kappa shape index (κ1) is 13.7. The molecule has 18 heavy (non-hydrogen) atoms. The van der Waals surface area contributed by atoms with Gasteiger partial charge in [0.1, 0.15) is 0 Å². The molecule has 1 aliphatic rings. The molecule has 0 aliphatic carbocycles. The fourth-order valence-corrected chi connectivity index (χ4v) is 2.52. The smallest absolute Gasteiger partial charge is 0.252 e. The van der Waals surface area contributed by atoms with E-state index in [-0.39, 0.29) is 5.91 Å². The summed E-state index contributed by atoms with van der Waals surface area (Å²) < 4.78 is 0. The molecule has 2 N–H and O–H groups in total. The lowest BCUT2D eigenvalue weighted by atomic mass is 10.1. The number of rotatable bonds is 4. The van der Waals surface area contributed by atoms with Crippen molar-refractivity contribution in [2.24, 2.45) is 0 Å². The Morgan fingerprint density at radius 2 is 2.28 bits per heavy atom. The second-order valence-corrected chi connectivity index (χ2v) is 5.22. The van der Waals surface area contributed by atoms with Gasteiger partial charge < -0.3 is 10.6 Å². The average Bonchev–Trinajstić information content (AvgIpc) is 2.85. The van der Waals surface area contributed by atoms with E-state index in [0.717, 1.165) is 13.0 Å². The molecule has 1 aromatic carbocycles. The van der Waals surface area contributed by atoms with E-state index in [4.69, 9.17) is 23.2 Å². The average molecular weight is 287 g/mol. The first-order chi connectivity index (χ1) is 8.68. The number of amides is 1. The maximum absolute atomic E-state index is 11.9. The van der Waals surface area contributed by atoms with Crippen molar-refractivity contribution < 1.29 is 4.79 Å². The van der Waals surface area contributed by atoms with Crippen LogP contribution in [-0.2, 0) is 0 Å². The Morgan fingerprint density at radius 3 is 3.00 bits per heavy atom. The van der Waals surface area contributed by atoms with Crippen molar-refractivity contribution in [1.29, 1.82) is 0 Å². The summed E-state index contributed by atoms with van der Waals surface area (Å²) in [6.07, 6.45) is 3.36. The summed E-state index contributed by atoms with van der Waals surface area (Å²) >= 11 is 11.9. The van der Waals surface area contributed by atoms with Gasteiger partial charge in [-0.2, -0.15) is 0 Å². The minimum Gasteiger partial charge on any atom is -0.352 e. The predicted molar refractivity (Wildman–Crippen MR) is 74.4 cm³/mol. The topological polar surface area (TPSA) is 41.1 Å². The fraction of sp³-hybridized carbons (Fsp3) is 0.462. The van der Waals surface area contributed by atoms with Crippen LogP contribution in [0.5, 0.6) is 0 Å². The summed E-state index contributed by atoms with van der Waals surface area (Å²) in [5.74, 6) is -0.166. The lowest BCUT2D eigenvalue weighted by Crippen LogP contribution is -2.30. The van der Waals surface area contributed by atoms with Crippen LogP contribution in [0.3, 0.4) is 0 Å². The van der Waals surface area contributed by atoms with E-state index in [1.54, 1.807) is 18.2 Å². The molecule has 0 aromatic heterocycles. The number of carbonyl (C=O) groups is 1. The second kappa shape index (κ2) is 6.41. The molecule has 0 spiro atoms. The molecule has 0 unspecified atom stereocenters. The third kappa shape index (κ3) is 3.37. The monoisotopic (exact) mass is 286 g/mol. The number of hydrogen-bond acceptors (Lipinski definition) is 2. The Bertz CT molecular complexity index is 431. The van der Waals surface area contributed by atoms with Crippen molar-refractivity contribution in [3.05, 3.63) is 33.8 Å². The van der Waals surface area contributed by atoms with Gasteiger partial charge in [0.05, 0.1) is 15.6 Å². The fourth-order valence-electron chi connectivity index (χ4n) is 2.14. The number of carbonyl (C=O) groups excluding carboxylic acids is 1. The number of benzene rings is 1. The van der Waals surface area contributed by atoms with Gasteiger partial charge >= 0.3 is 0 Å². The predicted octanol–water partition coefficient (Wildman–Crippen LogP) is 2.87. The largest absolute Gasteiger partial charge is 0.352 e. The van der Waals surface area contributed by atoms with Crippen LogP contribution >= 0.6 is 23.2 Å². The van der Waals surface area contributed by atoms with Gasteiger partial charge in [0, 0.05) is 12.6 Å². The lowest BCUT2D eigenvalue weighted by molar-refractivity contribution is 0.0952. The van der Waals surface area contributed by atoms with E-state index in [2.05, 4.69) is 10.6 Å². The van der Waals surface area contributed by atoms with Crippen molar-refractivity contribution in [3.63, 3.8) is 0 Å². The highest BCUT2D eigenvalue weighted by molar-refractivity contribution is 6.43. The maximum atomic E-state index is 11.9. The zero-order valence-corrected chi connectivity index (χ0v) is 11.5. The van der Waals surface area contributed by atoms with E-state index in [0.29, 0.717) is 28.2 Å². The molecule has 5 heteroatoms. The zero-order valence-electron chi connectivity index (χ0n) is 10.0. The molecule has 98 valence electrons. The molecule has 0 bridgehead atoms. The van der Waals surface area contributed by atoms with Crippen molar-refractivity contribution in [2.45, 2.75) is 25.3 Å². The van der Waals surface area contributed by atoms with E-state index < -0.39 is 0 Å². The van der Waals surface area contributed by atoms with Crippen LogP contribution in [0.25, 0.3) is 0 Å². The Morgan fingerprint density at radius 1 is 1.44 bits per heavy atom. The van der Waals surface area contributed by atoms with Crippen molar-refractivity contribution >= 4 is 29.1 Å². The molecule has 0 saturated carbocycles. The number of hydrogen-bond donors (Lipinski definition) is 2. The first-order valence-corrected chi connectivity index (χ1v) is 6.89. The van der Waals surface area contributed by atoms with E-state index in [9.17, 15) is 4.79 Å². The highest BCUT2D eigenvalue weighted by Crippen LogP contribution is 2.25. The quantitative estimate of drug-likeness (QED) is 0.894. The summed E-state index contributed by atoms with van der Waals surface area (Å²) in [5, 5.41) is 6.98. The standard InChI is InChI=1S/C13H16Cl2N2O/c14-11-5-1-4-10(12(11)15)13(18)17-8-6-9-3-2-7-16-9/h1,4-5,9,16H,2-3,6-8H2,(H,17,18)/t9-/m1/s1. The molecule has 1 saturated heterocycles. The summed E-state index contributed by atoms with van der Waals surface area (Å²) in [6, 6.07) is 5.60. The van der Waals surface area contributed by atoms with Gasteiger partial charge in [-0.1, -0.05) is 29.3 Å². The van der Waals surface area contributed by atoms with Crippen LogP contribution in [0.4, 0.5) is 0 Å². The first-order valence-electron chi connectivity index (χ1n) is 6.14. The van der Waals surface area contributed by atoms with Crippen molar-refractivity contribution in [1.82, 2.24) is 10.6 Å². The molecule has 3 nitrogen and oxygen atoms in total. The van der Waals surface area contributed by atoms with E-state index >= 15 is 0 Å². The normalized spacial score (nSPS) is 18.9. The minimum absolute atomic E-state index is 0.166. The van der Waals surface area contributed by atoms with Crippen LogP contribution in [-0.4, -0.2) is 25.0 Å². The highest BCUT2D eigenvalue weighted by Gasteiger charge is 2.15. The third-order valence-electron chi connectivity index (χ3n) is 3.14. The van der Waals surface area contributed by atoms with E-state index in [1.807, 2.05) is 0 Å². The molecule has 1 aliphatic heterocycles. The molecular weight excluding hydrogens is 271 g/mol. The maximum Gasteiger partial charge on any atom is 0.252 e. The Hall–Kier alpha value is -0.770. The molecular formula is C13H16Cl2N2O. The van der Waals surface area contributed by atoms with Crippen molar-refractivity contribution in [3.8, 4) is 0 Å². The Balaban J connectivity index is 1.85. The summed E-state index contributed by atoms with van der Waals surface area (Å²) in [7, 11) is 0. The molecule has 1 amide bonds. The lowest BCUT2D eigenvalue weighted by Gasteiger charge is -2.11. The second-order valence-electron chi connectivity index (χ2n) is 4.44. The van der Waals surface area contributed by atoms with Crippen LogP contribution in [0.15, 0.2) is 18.2 Å². The van der Waals surface area contributed by atoms with Gasteiger partial charge in [0.25, 0.3) is 5.91 Å². The van der Waals surface area contributed by atoms with Crippen LogP contribution < -0.4 is 10.6 Å². The van der Waals surface area contributed by atoms with Crippen LogP contribution in [0, 0.1) is 0 Å². The van der Waals surface area contributed by atoms with E-state index in [1.165, 1.54) is 12.8 Å². The molecule has 0 radical (unpaired) electrons. The number of halogens is 2. The highest BCUT2D eigenvalue weighted by atomic mass is 35.5.